The Labute approximate surface area is 162 Å². The van der Waals surface area contributed by atoms with Gasteiger partial charge in [-0.2, -0.15) is 0 Å². The lowest BCUT2D eigenvalue weighted by Gasteiger charge is -2.47. The number of ketones is 1. The van der Waals surface area contributed by atoms with Gasteiger partial charge in [-0.1, -0.05) is 12.2 Å². The average molecular weight is 392 g/mol. The van der Waals surface area contributed by atoms with E-state index >= 15 is 0 Å². The number of rotatable bonds is 1. The summed E-state index contributed by atoms with van der Waals surface area (Å²) in [5, 5.41) is 22.3. The summed E-state index contributed by atoms with van der Waals surface area (Å²) in [6.07, 6.45) is -1.30. The zero-order chi connectivity index (χ0) is 20.1. The predicted molar refractivity (Wildman–Crippen MR) is 92.9 cm³/mol. The Balaban J connectivity index is 1.60. The number of ether oxygens (including phenoxy) is 4. The summed E-state index contributed by atoms with van der Waals surface area (Å²) in [7, 11) is 0. The van der Waals surface area contributed by atoms with Gasteiger partial charge in [0.25, 0.3) is 0 Å². The second-order valence-electron chi connectivity index (χ2n) is 8.91. The Morgan fingerprint density at radius 2 is 2.00 bits per heavy atom. The van der Waals surface area contributed by atoms with Crippen molar-refractivity contribution in [1.82, 2.24) is 0 Å². The molecular formula is C20H24O8. The smallest absolute Gasteiger partial charge is 0.344 e. The summed E-state index contributed by atoms with van der Waals surface area (Å²) >= 11 is 0. The number of fused-ring (bicyclic) bond motifs is 2. The molecule has 0 radical (unpaired) electrons. The van der Waals surface area contributed by atoms with E-state index in [1.54, 1.807) is 6.92 Å². The number of aliphatic hydroxyl groups is 2. The quantitative estimate of drug-likeness (QED) is 0.368. The molecule has 0 saturated carbocycles. The highest BCUT2D eigenvalue weighted by Crippen LogP contribution is 2.58. The molecule has 0 amide bonds. The van der Waals surface area contributed by atoms with Gasteiger partial charge in [-0.3, -0.25) is 4.79 Å². The van der Waals surface area contributed by atoms with E-state index in [4.69, 9.17) is 18.9 Å². The lowest BCUT2D eigenvalue weighted by Crippen LogP contribution is -2.63. The minimum absolute atomic E-state index is 0.0464. The van der Waals surface area contributed by atoms with Crippen LogP contribution in [0.4, 0.5) is 0 Å². The molecule has 0 aromatic heterocycles. The summed E-state index contributed by atoms with van der Waals surface area (Å²) < 4.78 is 22.7. The van der Waals surface area contributed by atoms with Gasteiger partial charge in [0, 0.05) is 18.8 Å². The minimum atomic E-state index is -2.19. The summed E-state index contributed by atoms with van der Waals surface area (Å²) in [6.45, 7) is 7.88. The Hall–Kier alpha value is -1.58. The molecular weight excluding hydrogens is 368 g/mol. The molecule has 8 nitrogen and oxygen atoms in total. The first-order valence-corrected chi connectivity index (χ1v) is 9.59. The van der Waals surface area contributed by atoms with Crippen molar-refractivity contribution in [2.24, 2.45) is 5.92 Å². The normalized spacial score (nSPS) is 54.6. The maximum Gasteiger partial charge on any atom is 0.344 e. The highest BCUT2D eigenvalue weighted by atomic mass is 16.7. The number of epoxide rings is 2. The molecule has 5 heterocycles. The van der Waals surface area contributed by atoms with Gasteiger partial charge in [0.2, 0.25) is 11.4 Å². The van der Waals surface area contributed by atoms with Crippen molar-refractivity contribution in [3.8, 4) is 0 Å². The van der Waals surface area contributed by atoms with Crippen LogP contribution in [-0.2, 0) is 28.5 Å². The summed E-state index contributed by atoms with van der Waals surface area (Å²) in [5.74, 6) is -3.51. The summed E-state index contributed by atoms with van der Waals surface area (Å²) in [5.41, 5.74) is -1.15. The van der Waals surface area contributed by atoms with Crippen molar-refractivity contribution in [3.05, 3.63) is 23.8 Å². The summed E-state index contributed by atoms with van der Waals surface area (Å²) in [4.78, 5) is 25.2. The molecule has 2 N–H and O–H groups in total. The second kappa shape index (κ2) is 5.52. The van der Waals surface area contributed by atoms with Crippen LogP contribution < -0.4 is 0 Å². The molecule has 5 aliphatic rings. The standard InChI is InChI=1S/C20H24O8/c1-9-4-11(21)6-10(2)20(24)15(22)12(18(3)8-25-18)7-14(27-20)19-16(28-19)13(5-9)26-17(19)23/h4,12-16,22,24H,2,5-8H2,1,3H3/b9-4-/t12-,13+,14-,15+,16+,18-,19+,20?/m1/s1. The number of hydrogen-bond donors (Lipinski definition) is 2. The van der Waals surface area contributed by atoms with Crippen LogP contribution in [0.2, 0.25) is 0 Å². The van der Waals surface area contributed by atoms with Gasteiger partial charge in [-0.05, 0) is 31.9 Å². The van der Waals surface area contributed by atoms with Crippen molar-refractivity contribution in [2.75, 3.05) is 6.61 Å². The topological polar surface area (TPSA) is 118 Å². The molecule has 152 valence electrons. The van der Waals surface area contributed by atoms with Crippen LogP contribution in [0.3, 0.4) is 0 Å². The largest absolute Gasteiger partial charge is 0.457 e. The van der Waals surface area contributed by atoms with Gasteiger partial charge in [-0.25, -0.2) is 4.79 Å². The van der Waals surface area contributed by atoms with Crippen LogP contribution >= 0.6 is 0 Å². The highest BCUT2D eigenvalue weighted by molar-refractivity contribution is 5.92. The van der Waals surface area contributed by atoms with E-state index in [2.05, 4.69) is 6.58 Å². The van der Waals surface area contributed by atoms with E-state index in [-0.39, 0.29) is 24.2 Å². The van der Waals surface area contributed by atoms with Crippen LogP contribution in [0.15, 0.2) is 23.8 Å². The third kappa shape index (κ3) is 2.35. The molecule has 1 unspecified atom stereocenters. The van der Waals surface area contributed by atoms with Gasteiger partial charge < -0.3 is 29.2 Å². The van der Waals surface area contributed by atoms with Crippen molar-refractivity contribution in [2.45, 2.75) is 74.5 Å². The fraction of sp³-hybridized carbons (Fsp3) is 0.700. The number of hydrogen-bond acceptors (Lipinski definition) is 8. The SMILES string of the molecule is C=C1CC(=O)/C=C(/C)C[C@@H]2OC(=O)[C@]3(O[C@@H]23)[C@H]2C[C@@H]([C@@]3(C)CO3)[C@H](O)C1(O)O2. The monoisotopic (exact) mass is 392 g/mol. The molecule has 5 rings (SSSR count). The van der Waals surface area contributed by atoms with Crippen LogP contribution in [0.1, 0.15) is 33.1 Å². The predicted octanol–water partition coefficient (Wildman–Crippen LogP) is 0.158. The van der Waals surface area contributed by atoms with Gasteiger partial charge in [0.1, 0.15) is 24.4 Å². The van der Waals surface area contributed by atoms with Crippen molar-refractivity contribution in [1.29, 1.82) is 0 Å². The molecule has 5 aliphatic heterocycles. The van der Waals surface area contributed by atoms with E-state index in [0.717, 1.165) is 5.57 Å². The number of carbonyl (C=O) groups excluding carboxylic acids is 2. The maximum atomic E-state index is 12.7. The van der Waals surface area contributed by atoms with E-state index in [9.17, 15) is 19.8 Å². The first-order valence-electron chi connectivity index (χ1n) is 9.59. The first-order chi connectivity index (χ1) is 13.1. The zero-order valence-corrected chi connectivity index (χ0v) is 15.8. The van der Waals surface area contributed by atoms with Crippen LogP contribution in [-0.4, -0.2) is 70.0 Å². The van der Waals surface area contributed by atoms with Crippen LogP contribution in [0.25, 0.3) is 0 Å². The second-order valence-corrected chi connectivity index (χ2v) is 8.91. The third-order valence-electron chi connectivity index (χ3n) is 6.86. The maximum absolute atomic E-state index is 12.7. The average Bonchev–Trinajstić information content (AvgIpc) is 3.50. The molecule has 4 bridgehead atoms. The van der Waals surface area contributed by atoms with Gasteiger partial charge in [-0.15, -0.1) is 0 Å². The molecule has 8 heteroatoms. The zero-order valence-electron chi connectivity index (χ0n) is 15.8. The van der Waals surface area contributed by atoms with Crippen LogP contribution in [0.5, 0.6) is 0 Å². The van der Waals surface area contributed by atoms with Crippen molar-refractivity contribution >= 4 is 11.8 Å². The molecule has 4 fully saturated rings. The fourth-order valence-corrected chi connectivity index (χ4v) is 5.00. The molecule has 0 aliphatic carbocycles. The van der Waals surface area contributed by atoms with E-state index in [1.807, 2.05) is 6.92 Å². The van der Waals surface area contributed by atoms with Crippen LogP contribution in [0, 0.1) is 5.92 Å². The Morgan fingerprint density at radius 3 is 2.64 bits per heavy atom. The summed E-state index contributed by atoms with van der Waals surface area (Å²) in [6, 6.07) is 0. The molecule has 0 aromatic rings. The van der Waals surface area contributed by atoms with Gasteiger partial charge in [0.05, 0.1) is 12.2 Å². The molecule has 28 heavy (non-hydrogen) atoms. The molecule has 4 saturated heterocycles. The van der Waals surface area contributed by atoms with Crippen molar-refractivity contribution < 1.29 is 38.7 Å². The van der Waals surface area contributed by atoms with E-state index < -0.39 is 53.3 Å². The Morgan fingerprint density at radius 1 is 1.29 bits per heavy atom. The lowest BCUT2D eigenvalue weighted by atomic mass is 9.73. The molecule has 8 atom stereocenters. The highest BCUT2D eigenvalue weighted by Gasteiger charge is 2.79. The Bertz CT molecular complexity index is 813. The lowest BCUT2D eigenvalue weighted by molar-refractivity contribution is -0.306. The third-order valence-corrected chi connectivity index (χ3v) is 6.86. The van der Waals surface area contributed by atoms with E-state index in [0.29, 0.717) is 13.0 Å². The number of carbonyl (C=O) groups is 2. The van der Waals surface area contributed by atoms with Gasteiger partial charge in [0.15, 0.2) is 5.78 Å². The number of esters is 1. The Kier molecular flexibility index (Phi) is 3.63. The van der Waals surface area contributed by atoms with Crippen molar-refractivity contribution in [3.63, 3.8) is 0 Å². The molecule has 0 aromatic carbocycles. The molecule has 0 spiro atoms. The fourth-order valence-electron chi connectivity index (χ4n) is 5.00. The van der Waals surface area contributed by atoms with Gasteiger partial charge >= 0.3 is 5.97 Å². The minimum Gasteiger partial charge on any atom is -0.457 e. The first kappa shape index (κ1) is 18.4. The van der Waals surface area contributed by atoms with E-state index in [1.165, 1.54) is 6.08 Å². The number of aliphatic hydroxyl groups excluding tert-OH is 1. The number of allylic oxidation sites excluding steroid dienone is 1.